The van der Waals surface area contributed by atoms with Gasteiger partial charge >= 0.3 is 6.03 Å². The lowest BCUT2D eigenvalue weighted by atomic mass is 10.1. The number of benzene rings is 1. The summed E-state index contributed by atoms with van der Waals surface area (Å²) in [5.74, 6) is 5.81. The molecule has 0 spiro atoms. The molecule has 1 atom stereocenters. The molecule has 21 heavy (non-hydrogen) atoms. The molecule has 0 radical (unpaired) electrons. The van der Waals surface area contributed by atoms with Gasteiger partial charge in [0.05, 0.1) is 12.6 Å². The topological polar surface area (TPSA) is 67.2 Å². The molecular weight excluding hydrogens is 262 g/mol. The summed E-state index contributed by atoms with van der Waals surface area (Å²) in [7, 11) is 0. The summed E-state index contributed by atoms with van der Waals surface area (Å²) in [4.78, 5) is 11.9. The lowest BCUT2D eigenvalue weighted by Crippen LogP contribution is -2.41. The first-order chi connectivity index (χ1) is 10.2. The fourth-order valence-electron chi connectivity index (χ4n) is 2.59. The van der Waals surface area contributed by atoms with Gasteiger partial charge in [-0.15, -0.1) is 0 Å². The van der Waals surface area contributed by atoms with E-state index < -0.39 is 0 Å². The summed E-state index contributed by atoms with van der Waals surface area (Å²) >= 11 is 0. The number of hydrogen-bond donors (Lipinski definition) is 3. The molecule has 0 bridgehead atoms. The maximum atomic E-state index is 11.9. The van der Waals surface area contributed by atoms with Gasteiger partial charge in [-0.1, -0.05) is 36.8 Å². The highest BCUT2D eigenvalue weighted by Crippen LogP contribution is 2.18. The summed E-state index contributed by atoms with van der Waals surface area (Å²) in [6.45, 7) is 2.34. The highest BCUT2D eigenvalue weighted by molar-refractivity contribution is 5.74. The van der Waals surface area contributed by atoms with Crippen LogP contribution in [0, 0.1) is 11.8 Å². The fraction of sp³-hybridized carbons (Fsp3) is 0.471. The van der Waals surface area contributed by atoms with Crippen LogP contribution >= 0.6 is 0 Å². The molecule has 1 aromatic carbocycles. The average Bonchev–Trinajstić information content (AvgIpc) is 2.98. The van der Waals surface area contributed by atoms with Crippen molar-refractivity contribution in [3.8, 4) is 11.8 Å². The number of urea groups is 1. The van der Waals surface area contributed by atoms with Crippen molar-refractivity contribution in [2.75, 3.05) is 6.54 Å². The van der Waals surface area contributed by atoms with Gasteiger partial charge in [0.25, 0.3) is 0 Å². The van der Waals surface area contributed by atoms with E-state index in [1.807, 2.05) is 31.2 Å². The molecule has 0 heterocycles. The molecule has 1 aromatic rings. The van der Waals surface area contributed by atoms with Gasteiger partial charge in [0.2, 0.25) is 0 Å². The second kappa shape index (κ2) is 7.70. The van der Waals surface area contributed by atoms with Crippen LogP contribution in [0.4, 0.5) is 4.79 Å². The molecule has 1 aliphatic carbocycles. The van der Waals surface area contributed by atoms with Gasteiger partial charge in [0.15, 0.2) is 0 Å². The van der Waals surface area contributed by atoms with Gasteiger partial charge in [-0.2, -0.15) is 0 Å². The Kier molecular flexibility index (Phi) is 5.65. The van der Waals surface area contributed by atoms with E-state index in [2.05, 4.69) is 22.5 Å². The summed E-state index contributed by atoms with van der Waals surface area (Å²) in [5.41, 5.74) is 7.35. The maximum Gasteiger partial charge on any atom is 0.315 e. The zero-order valence-corrected chi connectivity index (χ0v) is 12.5. The predicted octanol–water partition coefficient (Wildman–Crippen LogP) is 2.30. The molecule has 4 N–H and O–H groups in total. The number of hydrogen-bond acceptors (Lipinski definition) is 2. The molecule has 1 fully saturated rings. The van der Waals surface area contributed by atoms with Gasteiger partial charge in [-0.25, -0.2) is 4.79 Å². The second-order valence-corrected chi connectivity index (χ2v) is 5.45. The Morgan fingerprint density at radius 1 is 1.33 bits per heavy atom. The zero-order valence-electron chi connectivity index (χ0n) is 12.5. The average molecular weight is 285 g/mol. The van der Waals surface area contributed by atoms with E-state index in [1.165, 1.54) is 12.8 Å². The Labute approximate surface area is 126 Å². The highest BCUT2D eigenvalue weighted by Gasteiger charge is 2.18. The Morgan fingerprint density at radius 2 is 2.00 bits per heavy atom. The zero-order chi connectivity index (χ0) is 15.1. The van der Waals surface area contributed by atoms with E-state index in [-0.39, 0.29) is 12.1 Å². The van der Waals surface area contributed by atoms with Crippen LogP contribution in [-0.4, -0.2) is 18.6 Å². The van der Waals surface area contributed by atoms with Crippen LogP contribution in [0.5, 0.6) is 0 Å². The quantitative estimate of drug-likeness (QED) is 0.746. The minimum absolute atomic E-state index is 0.0251. The minimum atomic E-state index is -0.0820. The number of amides is 2. The number of carbonyl (C=O) groups is 1. The van der Waals surface area contributed by atoms with Crippen LogP contribution in [0.3, 0.4) is 0 Å². The van der Waals surface area contributed by atoms with Crippen LogP contribution in [-0.2, 0) is 0 Å². The van der Waals surface area contributed by atoms with Crippen LogP contribution in [0.15, 0.2) is 24.3 Å². The lowest BCUT2D eigenvalue weighted by Gasteiger charge is -2.18. The number of rotatable bonds is 3. The third-order valence-corrected chi connectivity index (χ3v) is 3.78. The van der Waals surface area contributed by atoms with Crippen molar-refractivity contribution in [1.82, 2.24) is 10.6 Å². The first-order valence-electron chi connectivity index (χ1n) is 7.55. The monoisotopic (exact) mass is 285 g/mol. The van der Waals surface area contributed by atoms with Crippen molar-refractivity contribution in [3.63, 3.8) is 0 Å². The minimum Gasteiger partial charge on any atom is -0.335 e. The summed E-state index contributed by atoms with van der Waals surface area (Å²) in [6, 6.07) is 8.11. The fourth-order valence-corrected chi connectivity index (χ4v) is 2.59. The van der Waals surface area contributed by atoms with Crippen molar-refractivity contribution in [2.24, 2.45) is 5.73 Å². The predicted molar refractivity (Wildman–Crippen MR) is 84.7 cm³/mol. The van der Waals surface area contributed by atoms with Crippen LogP contribution in [0.25, 0.3) is 0 Å². The normalized spacial score (nSPS) is 15.9. The van der Waals surface area contributed by atoms with Gasteiger partial charge < -0.3 is 16.4 Å². The highest BCUT2D eigenvalue weighted by atomic mass is 16.2. The molecule has 2 rings (SSSR count). The SMILES string of the molecule is CC(NC(=O)NC1CCCC1)c1ccc(C#CCN)cc1. The van der Waals surface area contributed by atoms with Gasteiger partial charge in [-0.3, -0.25) is 0 Å². The number of carbonyl (C=O) groups excluding carboxylic acids is 1. The standard InChI is InChI=1S/C17H23N3O/c1-13(19-17(21)20-16-6-2-3-7-16)15-10-8-14(9-11-15)5-4-12-18/h8-11,13,16H,2-3,6-7,12,18H2,1H3,(H2,19,20,21). The molecule has 2 amide bonds. The Morgan fingerprint density at radius 3 is 2.62 bits per heavy atom. The molecule has 1 unspecified atom stereocenters. The summed E-state index contributed by atoms with van der Waals surface area (Å²) in [6.07, 6.45) is 4.62. The molecule has 0 saturated heterocycles. The third-order valence-electron chi connectivity index (χ3n) is 3.78. The van der Waals surface area contributed by atoms with Gasteiger partial charge in [0.1, 0.15) is 0 Å². The Bertz CT molecular complexity index is 521. The smallest absolute Gasteiger partial charge is 0.315 e. The van der Waals surface area contributed by atoms with Crippen LogP contribution < -0.4 is 16.4 Å². The van der Waals surface area contributed by atoms with Crippen molar-refractivity contribution < 1.29 is 4.79 Å². The van der Waals surface area contributed by atoms with Crippen molar-refractivity contribution >= 4 is 6.03 Å². The van der Waals surface area contributed by atoms with E-state index >= 15 is 0 Å². The summed E-state index contributed by atoms with van der Waals surface area (Å²) in [5, 5.41) is 6.01. The van der Waals surface area contributed by atoms with Crippen molar-refractivity contribution in [2.45, 2.75) is 44.7 Å². The molecule has 1 saturated carbocycles. The van der Waals surface area contributed by atoms with E-state index in [9.17, 15) is 4.79 Å². The Balaban J connectivity index is 1.87. The maximum absolute atomic E-state index is 11.9. The largest absolute Gasteiger partial charge is 0.335 e. The molecule has 1 aliphatic rings. The summed E-state index contributed by atoms with van der Waals surface area (Å²) < 4.78 is 0. The third kappa shape index (κ3) is 4.80. The number of nitrogens with two attached hydrogens (primary N) is 1. The van der Waals surface area contributed by atoms with Crippen molar-refractivity contribution in [3.05, 3.63) is 35.4 Å². The van der Waals surface area contributed by atoms with E-state index in [4.69, 9.17) is 5.73 Å². The first kappa shape index (κ1) is 15.4. The first-order valence-corrected chi connectivity index (χ1v) is 7.55. The molecular formula is C17H23N3O. The van der Waals surface area contributed by atoms with Crippen molar-refractivity contribution in [1.29, 1.82) is 0 Å². The van der Waals surface area contributed by atoms with E-state index in [0.717, 1.165) is 24.0 Å². The van der Waals surface area contributed by atoms with Crippen LogP contribution in [0.1, 0.15) is 49.8 Å². The van der Waals surface area contributed by atoms with E-state index in [1.54, 1.807) is 0 Å². The second-order valence-electron chi connectivity index (χ2n) is 5.45. The van der Waals surface area contributed by atoms with Gasteiger partial charge in [0, 0.05) is 11.6 Å². The van der Waals surface area contributed by atoms with E-state index in [0.29, 0.717) is 12.6 Å². The Hall–Kier alpha value is -1.99. The van der Waals surface area contributed by atoms with Crippen LogP contribution in [0.2, 0.25) is 0 Å². The molecule has 4 nitrogen and oxygen atoms in total. The molecule has 0 aliphatic heterocycles. The molecule has 0 aromatic heterocycles. The number of nitrogens with one attached hydrogen (secondary N) is 2. The lowest BCUT2D eigenvalue weighted by molar-refractivity contribution is 0.234. The van der Waals surface area contributed by atoms with Gasteiger partial charge in [-0.05, 0) is 37.5 Å². The molecule has 4 heteroatoms. The molecule has 112 valence electrons.